The molecule has 0 spiro atoms. The van der Waals surface area contributed by atoms with Crippen LogP contribution in [-0.4, -0.2) is 34.9 Å². The molecule has 6 heteroatoms. The smallest absolute Gasteiger partial charge is 0.306 e. The van der Waals surface area contributed by atoms with Gasteiger partial charge in [0.15, 0.2) is 0 Å². The number of carbonyl (C=O) groups is 1. The minimum absolute atomic E-state index is 0.168. The van der Waals surface area contributed by atoms with Crippen LogP contribution < -0.4 is 4.74 Å². The summed E-state index contributed by atoms with van der Waals surface area (Å²) in [7, 11) is 0.228. The molecule has 2 atom stereocenters. The maximum atomic E-state index is 11.9. The number of hydrogen-bond acceptors (Lipinski definition) is 4. The molecule has 19 heavy (non-hydrogen) atoms. The Labute approximate surface area is 124 Å². The predicted octanol–water partition coefficient (Wildman–Crippen LogP) is 2.53. The highest BCUT2D eigenvalue weighted by atomic mass is 79.9. The summed E-state index contributed by atoms with van der Waals surface area (Å²) in [6, 6.07) is 7.44. The lowest BCUT2D eigenvalue weighted by molar-refractivity contribution is -0.140. The number of hydrogen-bond donors (Lipinski definition) is 0. The molecule has 0 heterocycles. The Hall–Kier alpha value is -0.880. The van der Waals surface area contributed by atoms with Crippen molar-refractivity contribution in [1.29, 1.82) is 0 Å². The normalized spacial score (nSPS) is 13.6. The van der Waals surface area contributed by atoms with Crippen LogP contribution in [0.1, 0.15) is 13.3 Å². The number of halogens is 1. The monoisotopic (exact) mass is 348 g/mol. The molecule has 1 aromatic rings. The van der Waals surface area contributed by atoms with Crippen LogP contribution in [0.2, 0.25) is 0 Å². The first kappa shape index (κ1) is 16.2. The van der Waals surface area contributed by atoms with Crippen molar-refractivity contribution in [3.05, 3.63) is 28.7 Å². The van der Waals surface area contributed by atoms with Crippen molar-refractivity contribution in [3.8, 4) is 5.75 Å². The zero-order chi connectivity index (χ0) is 14.3. The van der Waals surface area contributed by atoms with E-state index in [0.717, 1.165) is 10.2 Å². The highest BCUT2D eigenvalue weighted by Crippen LogP contribution is 2.16. The number of carbonyl (C=O) groups excluding carboxylic acids is 1. The van der Waals surface area contributed by atoms with Gasteiger partial charge in [-0.3, -0.25) is 9.00 Å². The van der Waals surface area contributed by atoms with Crippen molar-refractivity contribution < 1.29 is 18.5 Å². The zero-order valence-electron chi connectivity index (χ0n) is 10.9. The van der Waals surface area contributed by atoms with Crippen molar-refractivity contribution in [2.45, 2.75) is 18.6 Å². The molecule has 0 saturated carbocycles. The van der Waals surface area contributed by atoms with Crippen molar-refractivity contribution in [1.82, 2.24) is 0 Å². The Kier molecular flexibility index (Phi) is 7.09. The van der Waals surface area contributed by atoms with Crippen LogP contribution in [0.15, 0.2) is 28.7 Å². The topological polar surface area (TPSA) is 52.6 Å². The third-order valence-corrected chi connectivity index (χ3v) is 4.66. The lowest BCUT2D eigenvalue weighted by atomic mass is 10.3. The molecule has 0 aliphatic heterocycles. The molecule has 0 aliphatic rings. The van der Waals surface area contributed by atoms with Gasteiger partial charge in [-0.1, -0.05) is 22.9 Å². The summed E-state index contributed by atoms with van der Waals surface area (Å²) in [5.41, 5.74) is 0. The van der Waals surface area contributed by atoms with Gasteiger partial charge in [0.05, 0.1) is 25.9 Å². The molecule has 0 saturated heterocycles. The first-order valence-corrected chi connectivity index (χ1v) is 8.02. The van der Waals surface area contributed by atoms with E-state index in [2.05, 4.69) is 20.7 Å². The van der Waals surface area contributed by atoms with Crippen LogP contribution in [0.3, 0.4) is 0 Å². The molecular formula is C13H17BrO4S. The second-order valence-electron chi connectivity index (χ2n) is 3.98. The molecule has 0 aromatic heterocycles. The molecular weight excluding hydrogens is 332 g/mol. The van der Waals surface area contributed by atoms with E-state index in [0.29, 0.717) is 12.4 Å². The van der Waals surface area contributed by atoms with Gasteiger partial charge in [0.2, 0.25) is 0 Å². The second-order valence-corrected chi connectivity index (χ2v) is 6.87. The van der Waals surface area contributed by atoms with Crippen molar-refractivity contribution >= 4 is 32.7 Å². The number of methoxy groups -OCH3 is 1. The Bertz CT molecular complexity index is 433. The van der Waals surface area contributed by atoms with Crippen LogP contribution in [0.4, 0.5) is 0 Å². The summed E-state index contributed by atoms with van der Waals surface area (Å²) in [5.74, 6) is 0.796. The predicted molar refractivity (Wildman–Crippen MR) is 78.7 cm³/mol. The molecule has 4 nitrogen and oxygen atoms in total. The molecule has 0 radical (unpaired) electrons. The molecule has 1 rings (SSSR count). The Balaban J connectivity index is 2.30. The van der Waals surface area contributed by atoms with E-state index >= 15 is 0 Å². The molecule has 0 N–H and O–H groups in total. The van der Waals surface area contributed by atoms with E-state index < -0.39 is 10.8 Å². The SMILES string of the molecule is COC(=O)CC(C)S(=O)CCOc1ccc(Br)cc1. The highest BCUT2D eigenvalue weighted by Gasteiger charge is 2.15. The average Bonchev–Trinajstić information content (AvgIpc) is 2.40. The van der Waals surface area contributed by atoms with E-state index in [9.17, 15) is 9.00 Å². The van der Waals surface area contributed by atoms with Crippen LogP contribution in [0.25, 0.3) is 0 Å². The summed E-state index contributed by atoms with van der Waals surface area (Å²) in [5, 5.41) is -0.221. The van der Waals surface area contributed by atoms with Crippen LogP contribution >= 0.6 is 15.9 Å². The molecule has 106 valence electrons. The first-order chi connectivity index (χ1) is 9.02. The Morgan fingerprint density at radius 1 is 1.37 bits per heavy atom. The second kappa shape index (κ2) is 8.32. The number of ether oxygens (including phenoxy) is 2. The van der Waals surface area contributed by atoms with Gasteiger partial charge in [-0.15, -0.1) is 0 Å². The van der Waals surface area contributed by atoms with E-state index in [1.807, 2.05) is 24.3 Å². The Morgan fingerprint density at radius 2 is 2.00 bits per heavy atom. The maximum Gasteiger partial charge on any atom is 0.306 e. The van der Waals surface area contributed by atoms with Gasteiger partial charge in [-0.25, -0.2) is 0 Å². The molecule has 0 amide bonds. The standard InChI is InChI=1S/C13H17BrO4S/c1-10(9-13(15)17-2)19(16)8-7-18-12-5-3-11(14)4-6-12/h3-6,10H,7-9H2,1-2H3. The van der Waals surface area contributed by atoms with Gasteiger partial charge in [0.25, 0.3) is 0 Å². The van der Waals surface area contributed by atoms with Crippen molar-refractivity contribution in [2.24, 2.45) is 0 Å². The lowest BCUT2D eigenvalue weighted by Crippen LogP contribution is -2.21. The van der Waals surface area contributed by atoms with Gasteiger partial charge in [-0.2, -0.15) is 0 Å². The number of esters is 1. The third kappa shape index (κ3) is 6.20. The van der Waals surface area contributed by atoms with Gasteiger partial charge in [0, 0.05) is 20.5 Å². The summed E-state index contributed by atoms with van der Waals surface area (Å²) >= 11 is 3.34. The van der Waals surface area contributed by atoms with E-state index in [1.165, 1.54) is 7.11 Å². The fraction of sp³-hybridized carbons (Fsp3) is 0.462. The fourth-order valence-electron chi connectivity index (χ4n) is 1.38. The minimum Gasteiger partial charge on any atom is -0.493 e. The van der Waals surface area contributed by atoms with Crippen molar-refractivity contribution in [2.75, 3.05) is 19.5 Å². The molecule has 0 aliphatic carbocycles. The maximum absolute atomic E-state index is 11.9. The number of benzene rings is 1. The molecule has 0 bridgehead atoms. The van der Waals surface area contributed by atoms with Gasteiger partial charge < -0.3 is 9.47 Å². The highest BCUT2D eigenvalue weighted by molar-refractivity contribution is 9.10. The van der Waals surface area contributed by atoms with Gasteiger partial charge >= 0.3 is 5.97 Å². The van der Waals surface area contributed by atoms with Crippen molar-refractivity contribution in [3.63, 3.8) is 0 Å². The quantitative estimate of drug-likeness (QED) is 0.710. The van der Waals surface area contributed by atoms with E-state index in [1.54, 1.807) is 6.92 Å². The minimum atomic E-state index is -1.10. The third-order valence-electron chi connectivity index (χ3n) is 2.50. The Morgan fingerprint density at radius 3 is 2.58 bits per heavy atom. The summed E-state index contributed by atoms with van der Waals surface area (Å²) < 4.78 is 22.9. The van der Waals surface area contributed by atoms with E-state index in [-0.39, 0.29) is 17.6 Å². The first-order valence-electron chi connectivity index (χ1n) is 5.85. The molecule has 0 fully saturated rings. The summed E-state index contributed by atoms with van der Waals surface area (Å²) in [6.45, 7) is 2.13. The largest absolute Gasteiger partial charge is 0.493 e. The van der Waals surface area contributed by atoms with Crippen LogP contribution in [0.5, 0.6) is 5.75 Å². The van der Waals surface area contributed by atoms with Crippen LogP contribution in [-0.2, 0) is 20.3 Å². The van der Waals surface area contributed by atoms with Gasteiger partial charge in [-0.05, 0) is 24.3 Å². The zero-order valence-corrected chi connectivity index (χ0v) is 13.3. The molecule has 1 aromatic carbocycles. The number of rotatable bonds is 7. The fourth-order valence-corrected chi connectivity index (χ4v) is 2.62. The van der Waals surface area contributed by atoms with Crippen LogP contribution in [0, 0.1) is 0 Å². The summed E-state index contributed by atoms with van der Waals surface area (Å²) in [6.07, 6.45) is 0.168. The van der Waals surface area contributed by atoms with Gasteiger partial charge in [0.1, 0.15) is 5.75 Å². The lowest BCUT2D eigenvalue weighted by Gasteiger charge is -2.11. The average molecular weight is 349 g/mol. The summed E-state index contributed by atoms with van der Waals surface area (Å²) in [4.78, 5) is 11.1. The van der Waals surface area contributed by atoms with E-state index in [4.69, 9.17) is 4.74 Å². The molecule has 2 unspecified atom stereocenters.